The molecule has 1 aromatic carbocycles. The molecule has 2 N–H and O–H groups in total. The number of aliphatic hydroxyl groups is 1. The van der Waals surface area contributed by atoms with Gasteiger partial charge in [-0.05, 0) is 38.0 Å². The number of nitrogens with one attached hydrogen (secondary N) is 1. The number of morpholine rings is 1. The summed E-state index contributed by atoms with van der Waals surface area (Å²) in [4.78, 5) is 14.0. The fourth-order valence-corrected chi connectivity index (χ4v) is 5.35. The van der Waals surface area contributed by atoms with E-state index in [-0.39, 0.29) is 17.3 Å². The minimum atomic E-state index is -4.46. The molecule has 1 saturated carbocycles. The van der Waals surface area contributed by atoms with Gasteiger partial charge < -0.3 is 20.1 Å². The molecule has 0 spiro atoms. The summed E-state index contributed by atoms with van der Waals surface area (Å²) in [5.41, 5.74) is -0.393. The number of benzene rings is 1. The van der Waals surface area contributed by atoms with Crippen molar-refractivity contribution in [3.05, 3.63) is 36.0 Å². The Labute approximate surface area is 205 Å². The minimum absolute atomic E-state index is 0.274. The van der Waals surface area contributed by atoms with Gasteiger partial charge in [-0.25, -0.2) is 4.68 Å². The monoisotopic (exact) mass is 503 g/mol. The second kappa shape index (κ2) is 8.56. The van der Waals surface area contributed by atoms with E-state index in [4.69, 9.17) is 9.72 Å². The molecule has 0 unspecified atom stereocenters. The van der Waals surface area contributed by atoms with Crippen LogP contribution in [-0.4, -0.2) is 86.8 Å². The van der Waals surface area contributed by atoms with Crippen molar-refractivity contribution >= 4 is 22.8 Å². The van der Waals surface area contributed by atoms with E-state index < -0.39 is 11.7 Å². The lowest BCUT2D eigenvalue weighted by Gasteiger charge is -2.47. The van der Waals surface area contributed by atoms with E-state index in [2.05, 4.69) is 25.2 Å². The van der Waals surface area contributed by atoms with Crippen molar-refractivity contribution in [3.8, 4) is 5.69 Å². The molecule has 0 bridgehead atoms. The van der Waals surface area contributed by atoms with E-state index in [1.807, 2.05) is 6.92 Å². The second-order valence-electron chi connectivity index (χ2n) is 10.2. The lowest BCUT2D eigenvalue weighted by atomic mass is 9.76. The van der Waals surface area contributed by atoms with E-state index in [1.54, 1.807) is 12.3 Å². The highest BCUT2D eigenvalue weighted by molar-refractivity contribution is 5.89. The maximum atomic E-state index is 13.4. The van der Waals surface area contributed by atoms with Gasteiger partial charge in [-0.15, -0.1) is 0 Å². The van der Waals surface area contributed by atoms with E-state index in [0.717, 1.165) is 51.5 Å². The Morgan fingerprint density at radius 2 is 1.89 bits per heavy atom. The summed E-state index contributed by atoms with van der Waals surface area (Å²) in [5.74, 6) is 1.07. The number of hydrogen-bond donors (Lipinski definition) is 2. The number of alkyl halides is 3. The van der Waals surface area contributed by atoms with Gasteiger partial charge in [-0.1, -0.05) is 6.07 Å². The van der Waals surface area contributed by atoms with Gasteiger partial charge >= 0.3 is 6.18 Å². The molecule has 9 nitrogen and oxygen atoms in total. The minimum Gasteiger partial charge on any atom is -0.393 e. The fourth-order valence-electron chi connectivity index (χ4n) is 5.35. The molecule has 4 heterocycles. The van der Waals surface area contributed by atoms with Crippen LogP contribution in [0.15, 0.2) is 30.5 Å². The number of ether oxygens (including phenoxy) is 1. The molecule has 3 fully saturated rings. The first kappa shape index (κ1) is 23.4. The SMILES string of the molecule is CC1(Nc2nc(N3CC(N4CCOCC4)C3)c3cnn(-c4cccc(C(F)(F)F)c4)c3n2)CC(O)C1. The highest BCUT2D eigenvalue weighted by atomic mass is 19.4. The fraction of sp³-hybridized carbons (Fsp3) is 0.542. The zero-order valence-corrected chi connectivity index (χ0v) is 19.9. The molecule has 2 aromatic heterocycles. The maximum absolute atomic E-state index is 13.4. The zero-order chi connectivity index (χ0) is 25.1. The van der Waals surface area contributed by atoms with Crippen LogP contribution in [0.4, 0.5) is 24.9 Å². The Morgan fingerprint density at radius 3 is 2.58 bits per heavy atom. The second-order valence-corrected chi connectivity index (χ2v) is 10.2. The summed E-state index contributed by atoms with van der Waals surface area (Å²) in [6.45, 7) is 6.84. The third-order valence-electron chi connectivity index (χ3n) is 7.34. The lowest BCUT2D eigenvalue weighted by molar-refractivity contribution is -0.137. The Hall–Kier alpha value is -2.96. The van der Waals surface area contributed by atoms with Gasteiger partial charge in [0, 0.05) is 37.8 Å². The largest absolute Gasteiger partial charge is 0.416 e. The van der Waals surface area contributed by atoms with Gasteiger partial charge in [0.2, 0.25) is 5.95 Å². The molecule has 36 heavy (non-hydrogen) atoms. The summed E-state index contributed by atoms with van der Waals surface area (Å²) in [7, 11) is 0. The first-order valence-corrected chi connectivity index (χ1v) is 12.1. The van der Waals surface area contributed by atoms with Crippen LogP contribution < -0.4 is 10.2 Å². The Balaban J connectivity index is 1.36. The number of halogens is 3. The maximum Gasteiger partial charge on any atom is 0.416 e. The Bertz CT molecular complexity index is 1260. The van der Waals surface area contributed by atoms with E-state index in [1.165, 1.54) is 10.7 Å². The first-order valence-electron chi connectivity index (χ1n) is 12.1. The molecule has 3 aliphatic rings. The topological polar surface area (TPSA) is 91.6 Å². The Kier molecular flexibility index (Phi) is 5.58. The summed E-state index contributed by atoms with van der Waals surface area (Å²) in [6.07, 6.45) is -2.08. The molecule has 6 rings (SSSR count). The number of nitrogens with zero attached hydrogens (tertiary/aromatic N) is 6. The highest BCUT2D eigenvalue weighted by Gasteiger charge is 2.41. The summed E-state index contributed by atoms with van der Waals surface area (Å²) < 4.78 is 47.0. The van der Waals surface area contributed by atoms with Crippen LogP contribution in [0.3, 0.4) is 0 Å². The first-order chi connectivity index (χ1) is 17.2. The molecule has 3 aromatic rings. The summed E-state index contributed by atoms with van der Waals surface area (Å²) >= 11 is 0. The number of aliphatic hydroxyl groups excluding tert-OH is 1. The van der Waals surface area contributed by atoms with Gasteiger partial charge in [0.1, 0.15) is 5.82 Å². The number of fused-ring (bicyclic) bond motifs is 1. The van der Waals surface area contributed by atoms with Crippen LogP contribution in [0, 0.1) is 0 Å². The average molecular weight is 504 g/mol. The van der Waals surface area contributed by atoms with Crippen molar-refractivity contribution in [2.24, 2.45) is 0 Å². The van der Waals surface area contributed by atoms with E-state index in [0.29, 0.717) is 41.7 Å². The van der Waals surface area contributed by atoms with Crippen LogP contribution in [0.25, 0.3) is 16.7 Å². The van der Waals surface area contributed by atoms with Crippen LogP contribution in [0.5, 0.6) is 0 Å². The van der Waals surface area contributed by atoms with Crippen LogP contribution >= 0.6 is 0 Å². The molecule has 192 valence electrons. The Morgan fingerprint density at radius 1 is 1.14 bits per heavy atom. The number of aromatic nitrogens is 4. The summed E-state index contributed by atoms with van der Waals surface area (Å²) in [5, 5.41) is 18.2. The van der Waals surface area contributed by atoms with Crippen LogP contribution in [-0.2, 0) is 10.9 Å². The smallest absolute Gasteiger partial charge is 0.393 e. The summed E-state index contributed by atoms with van der Waals surface area (Å²) in [6, 6.07) is 5.46. The molecule has 0 radical (unpaired) electrons. The van der Waals surface area contributed by atoms with Gasteiger partial charge in [0.15, 0.2) is 5.65 Å². The zero-order valence-electron chi connectivity index (χ0n) is 19.9. The standard InChI is InChI=1S/C24H28F3N7O2/c1-23(10-18(35)11-23)31-22-29-20(33-13-17(14-33)32-5-7-36-8-6-32)19-12-28-34(21(19)30-22)16-4-2-3-15(9-16)24(25,26)27/h2-4,9,12,17-18,35H,5-8,10-11,13-14H2,1H3,(H,29,30,31). The lowest BCUT2D eigenvalue weighted by Crippen LogP contribution is -2.61. The number of anilines is 2. The van der Waals surface area contributed by atoms with Gasteiger partial charge in [-0.2, -0.15) is 28.2 Å². The molecule has 0 atom stereocenters. The van der Waals surface area contributed by atoms with Gasteiger partial charge in [-0.3, -0.25) is 4.90 Å². The van der Waals surface area contributed by atoms with E-state index >= 15 is 0 Å². The quantitative estimate of drug-likeness (QED) is 0.549. The predicted molar refractivity (Wildman–Crippen MR) is 127 cm³/mol. The average Bonchev–Trinajstić information content (AvgIpc) is 3.21. The third-order valence-corrected chi connectivity index (χ3v) is 7.34. The van der Waals surface area contributed by atoms with E-state index in [9.17, 15) is 18.3 Å². The van der Waals surface area contributed by atoms with Crippen molar-refractivity contribution in [2.45, 2.75) is 43.6 Å². The van der Waals surface area contributed by atoms with Gasteiger partial charge in [0.05, 0.1) is 42.2 Å². The molecular weight excluding hydrogens is 475 g/mol. The van der Waals surface area contributed by atoms with Crippen molar-refractivity contribution in [1.82, 2.24) is 24.6 Å². The highest BCUT2D eigenvalue weighted by Crippen LogP contribution is 2.37. The molecule has 0 amide bonds. The van der Waals surface area contributed by atoms with Crippen molar-refractivity contribution < 1.29 is 23.0 Å². The molecule has 12 heteroatoms. The van der Waals surface area contributed by atoms with Crippen molar-refractivity contribution in [2.75, 3.05) is 49.6 Å². The predicted octanol–water partition coefficient (Wildman–Crippen LogP) is 2.68. The van der Waals surface area contributed by atoms with Crippen molar-refractivity contribution in [3.63, 3.8) is 0 Å². The molecule has 2 saturated heterocycles. The normalized spacial score (nSPS) is 25.6. The van der Waals surface area contributed by atoms with Crippen LogP contribution in [0.2, 0.25) is 0 Å². The van der Waals surface area contributed by atoms with Crippen LogP contribution in [0.1, 0.15) is 25.3 Å². The van der Waals surface area contributed by atoms with Crippen molar-refractivity contribution in [1.29, 1.82) is 0 Å². The van der Waals surface area contributed by atoms with Gasteiger partial charge in [0.25, 0.3) is 0 Å². The molecule has 2 aliphatic heterocycles. The number of hydrogen-bond acceptors (Lipinski definition) is 8. The third kappa shape index (κ3) is 4.27. The number of rotatable bonds is 5. The molecule has 1 aliphatic carbocycles. The molecular formula is C24H28F3N7O2.